The summed E-state index contributed by atoms with van der Waals surface area (Å²) in [6.45, 7) is 5.81. The summed E-state index contributed by atoms with van der Waals surface area (Å²) in [6, 6.07) is 8.09. The highest BCUT2D eigenvalue weighted by molar-refractivity contribution is 5.64. The third kappa shape index (κ3) is 3.74. The molecule has 0 aliphatic rings. The molecule has 0 amide bonds. The molecule has 0 saturated heterocycles. The van der Waals surface area contributed by atoms with Crippen LogP contribution in [-0.4, -0.2) is 12.3 Å². The van der Waals surface area contributed by atoms with Gasteiger partial charge in [-0.15, -0.1) is 0 Å². The van der Waals surface area contributed by atoms with Gasteiger partial charge in [-0.05, 0) is 37.0 Å². The standard InChI is InChI=1S/C13H18NO/c1-3-5-11-6-8-13(9-7-11)14-12(4-2)10-15/h6-10,12,14H,1,3-5H2,2H3. The molecule has 1 unspecified atom stereocenters. The highest BCUT2D eigenvalue weighted by Crippen LogP contribution is 2.12. The zero-order valence-electron chi connectivity index (χ0n) is 9.20. The Balaban J connectivity index is 2.59. The summed E-state index contributed by atoms with van der Waals surface area (Å²) in [6.07, 6.45) is 3.68. The number of anilines is 1. The van der Waals surface area contributed by atoms with Crippen LogP contribution in [-0.2, 0) is 11.2 Å². The van der Waals surface area contributed by atoms with Gasteiger partial charge in [0.15, 0.2) is 0 Å². The SMILES string of the molecule is [CH2]CCc1ccc(NC(C=O)CC)cc1. The van der Waals surface area contributed by atoms with E-state index in [1.807, 2.05) is 19.1 Å². The number of hydrogen-bond donors (Lipinski definition) is 1. The fourth-order valence-corrected chi connectivity index (χ4v) is 1.42. The molecule has 81 valence electrons. The van der Waals surface area contributed by atoms with Gasteiger partial charge in [0.2, 0.25) is 0 Å². The predicted molar refractivity (Wildman–Crippen MR) is 63.9 cm³/mol. The van der Waals surface area contributed by atoms with Crippen molar-refractivity contribution in [3.8, 4) is 0 Å². The van der Waals surface area contributed by atoms with Crippen LogP contribution in [0.15, 0.2) is 24.3 Å². The molecule has 1 rings (SSSR count). The first-order valence-electron chi connectivity index (χ1n) is 5.40. The van der Waals surface area contributed by atoms with E-state index in [0.29, 0.717) is 0 Å². The van der Waals surface area contributed by atoms with Crippen molar-refractivity contribution < 1.29 is 4.79 Å². The Hall–Kier alpha value is -1.31. The lowest BCUT2D eigenvalue weighted by Crippen LogP contribution is -2.19. The summed E-state index contributed by atoms with van der Waals surface area (Å²) in [7, 11) is 0. The highest BCUT2D eigenvalue weighted by Gasteiger charge is 2.02. The molecule has 0 aliphatic carbocycles. The van der Waals surface area contributed by atoms with Crippen LogP contribution in [0, 0.1) is 6.92 Å². The molecule has 1 atom stereocenters. The fourth-order valence-electron chi connectivity index (χ4n) is 1.42. The summed E-state index contributed by atoms with van der Waals surface area (Å²) in [5.41, 5.74) is 2.29. The Bertz CT molecular complexity index is 292. The smallest absolute Gasteiger partial charge is 0.142 e. The summed E-state index contributed by atoms with van der Waals surface area (Å²) in [5.74, 6) is 0. The average Bonchev–Trinajstić information content (AvgIpc) is 2.28. The Labute approximate surface area is 91.7 Å². The first kappa shape index (κ1) is 11.8. The van der Waals surface area contributed by atoms with Gasteiger partial charge in [0.25, 0.3) is 0 Å². The number of carbonyl (C=O) groups is 1. The lowest BCUT2D eigenvalue weighted by atomic mass is 10.1. The van der Waals surface area contributed by atoms with Crippen molar-refractivity contribution in [3.63, 3.8) is 0 Å². The van der Waals surface area contributed by atoms with E-state index in [1.165, 1.54) is 5.56 Å². The third-order valence-corrected chi connectivity index (χ3v) is 2.38. The fraction of sp³-hybridized carbons (Fsp3) is 0.385. The van der Waals surface area contributed by atoms with Gasteiger partial charge in [0.1, 0.15) is 6.29 Å². The van der Waals surface area contributed by atoms with Crippen LogP contribution in [0.25, 0.3) is 0 Å². The van der Waals surface area contributed by atoms with Crippen molar-refractivity contribution in [2.45, 2.75) is 32.2 Å². The summed E-state index contributed by atoms with van der Waals surface area (Å²) >= 11 is 0. The number of rotatable bonds is 6. The molecule has 0 heterocycles. The molecule has 0 saturated carbocycles. The van der Waals surface area contributed by atoms with E-state index in [2.05, 4.69) is 24.4 Å². The quantitative estimate of drug-likeness (QED) is 0.722. The molecule has 1 radical (unpaired) electrons. The van der Waals surface area contributed by atoms with Crippen molar-refractivity contribution in [3.05, 3.63) is 36.8 Å². The highest BCUT2D eigenvalue weighted by atomic mass is 16.1. The van der Waals surface area contributed by atoms with Gasteiger partial charge in [0, 0.05) is 5.69 Å². The minimum Gasteiger partial charge on any atom is -0.376 e. The summed E-state index contributed by atoms with van der Waals surface area (Å²) < 4.78 is 0. The number of carbonyl (C=O) groups excluding carboxylic acids is 1. The first-order valence-corrected chi connectivity index (χ1v) is 5.40. The van der Waals surface area contributed by atoms with Crippen molar-refractivity contribution in [2.24, 2.45) is 0 Å². The monoisotopic (exact) mass is 204 g/mol. The second-order valence-electron chi connectivity index (χ2n) is 3.60. The molecular formula is C13H18NO. The molecule has 1 aromatic rings. The maximum absolute atomic E-state index is 10.6. The van der Waals surface area contributed by atoms with Crippen LogP contribution in [0.1, 0.15) is 25.3 Å². The lowest BCUT2D eigenvalue weighted by Gasteiger charge is -2.12. The van der Waals surface area contributed by atoms with Crippen LogP contribution < -0.4 is 5.32 Å². The topological polar surface area (TPSA) is 29.1 Å². The van der Waals surface area contributed by atoms with Crippen LogP contribution in [0.2, 0.25) is 0 Å². The molecule has 0 aliphatic heterocycles. The van der Waals surface area contributed by atoms with Gasteiger partial charge in [-0.25, -0.2) is 0 Å². The second kappa shape index (κ2) is 6.23. The number of aldehydes is 1. The largest absolute Gasteiger partial charge is 0.376 e. The van der Waals surface area contributed by atoms with E-state index in [1.54, 1.807) is 0 Å². The molecule has 1 N–H and O–H groups in total. The summed E-state index contributed by atoms with van der Waals surface area (Å²) in [4.78, 5) is 10.6. The maximum Gasteiger partial charge on any atom is 0.142 e. The lowest BCUT2D eigenvalue weighted by molar-refractivity contribution is -0.108. The minimum absolute atomic E-state index is 0.0799. The molecule has 15 heavy (non-hydrogen) atoms. The number of nitrogens with one attached hydrogen (secondary N) is 1. The minimum atomic E-state index is -0.0799. The second-order valence-corrected chi connectivity index (χ2v) is 3.60. The average molecular weight is 204 g/mol. The predicted octanol–water partition coefficient (Wildman–Crippen LogP) is 2.84. The molecule has 0 bridgehead atoms. The van der Waals surface area contributed by atoms with E-state index in [4.69, 9.17) is 0 Å². The van der Waals surface area contributed by atoms with Crippen LogP contribution in [0.5, 0.6) is 0 Å². The number of hydrogen-bond acceptors (Lipinski definition) is 2. The molecular weight excluding hydrogens is 186 g/mol. The van der Waals surface area contributed by atoms with Crippen molar-refractivity contribution in [1.82, 2.24) is 0 Å². The van der Waals surface area contributed by atoms with E-state index >= 15 is 0 Å². The van der Waals surface area contributed by atoms with Crippen LogP contribution >= 0.6 is 0 Å². The van der Waals surface area contributed by atoms with Gasteiger partial charge in [-0.3, -0.25) is 0 Å². The third-order valence-electron chi connectivity index (χ3n) is 2.38. The van der Waals surface area contributed by atoms with E-state index < -0.39 is 0 Å². The molecule has 2 nitrogen and oxygen atoms in total. The van der Waals surface area contributed by atoms with Gasteiger partial charge < -0.3 is 10.1 Å². The number of aryl methyl sites for hydroxylation is 1. The van der Waals surface area contributed by atoms with Crippen LogP contribution in [0.4, 0.5) is 5.69 Å². The Morgan fingerprint density at radius 3 is 2.53 bits per heavy atom. The zero-order valence-corrected chi connectivity index (χ0v) is 9.20. The maximum atomic E-state index is 10.6. The van der Waals surface area contributed by atoms with E-state index in [0.717, 1.165) is 31.2 Å². The first-order chi connectivity index (χ1) is 7.30. The van der Waals surface area contributed by atoms with Gasteiger partial charge in [0.05, 0.1) is 6.04 Å². The van der Waals surface area contributed by atoms with Gasteiger partial charge in [-0.1, -0.05) is 26.0 Å². The molecule has 2 heteroatoms. The molecule has 1 aromatic carbocycles. The molecule has 0 spiro atoms. The van der Waals surface area contributed by atoms with Gasteiger partial charge >= 0.3 is 0 Å². The zero-order chi connectivity index (χ0) is 11.1. The summed E-state index contributed by atoms with van der Waals surface area (Å²) in [5, 5.41) is 3.16. The Morgan fingerprint density at radius 2 is 2.07 bits per heavy atom. The van der Waals surface area contributed by atoms with Crippen molar-refractivity contribution in [2.75, 3.05) is 5.32 Å². The normalized spacial score (nSPS) is 12.1. The van der Waals surface area contributed by atoms with E-state index in [9.17, 15) is 4.79 Å². The van der Waals surface area contributed by atoms with Crippen LogP contribution in [0.3, 0.4) is 0 Å². The Kier molecular flexibility index (Phi) is 4.88. The van der Waals surface area contributed by atoms with E-state index in [-0.39, 0.29) is 6.04 Å². The van der Waals surface area contributed by atoms with Gasteiger partial charge in [-0.2, -0.15) is 0 Å². The molecule has 0 aromatic heterocycles. The number of benzene rings is 1. The Morgan fingerprint density at radius 1 is 1.40 bits per heavy atom. The van der Waals surface area contributed by atoms with Crippen molar-refractivity contribution in [1.29, 1.82) is 0 Å². The van der Waals surface area contributed by atoms with Crippen molar-refractivity contribution >= 4 is 12.0 Å². The molecule has 0 fully saturated rings.